The summed E-state index contributed by atoms with van der Waals surface area (Å²) < 4.78 is 0. The number of aromatic nitrogens is 1. The molecule has 1 unspecified atom stereocenters. The summed E-state index contributed by atoms with van der Waals surface area (Å²) in [6.45, 7) is 0. The van der Waals surface area contributed by atoms with E-state index >= 15 is 0 Å². The third-order valence-corrected chi connectivity index (χ3v) is 3.99. The first-order chi connectivity index (χ1) is 9.75. The van der Waals surface area contributed by atoms with Crippen LogP contribution in [0.15, 0.2) is 42.7 Å². The monoisotopic (exact) mass is 286 g/mol. The molecule has 0 saturated heterocycles. The highest BCUT2D eigenvalue weighted by atomic mass is 35.5. The van der Waals surface area contributed by atoms with E-state index in [1.54, 1.807) is 12.3 Å². The molecule has 0 fully saturated rings. The Balaban J connectivity index is 1.83. The van der Waals surface area contributed by atoms with Gasteiger partial charge in [0.2, 0.25) is 0 Å². The second kappa shape index (κ2) is 5.63. The first kappa shape index (κ1) is 13.1. The summed E-state index contributed by atoms with van der Waals surface area (Å²) in [5.74, 6) is -0.140. The number of nitrogens with one attached hydrogen (secondary N) is 1. The van der Waals surface area contributed by atoms with Crippen LogP contribution >= 0.6 is 11.6 Å². The highest BCUT2D eigenvalue weighted by molar-refractivity contribution is 6.33. The van der Waals surface area contributed by atoms with Crippen LogP contribution in [0.2, 0.25) is 5.02 Å². The quantitative estimate of drug-likeness (QED) is 0.917. The maximum absolute atomic E-state index is 12.3. The lowest BCUT2D eigenvalue weighted by molar-refractivity contribution is 0.0933. The van der Waals surface area contributed by atoms with E-state index < -0.39 is 0 Å². The zero-order valence-corrected chi connectivity index (χ0v) is 11.7. The molecular formula is C16H15ClN2O. The molecule has 0 radical (unpaired) electrons. The van der Waals surface area contributed by atoms with Gasteiger partial charge in [-0.3, -0.25) is 9.78 Å². The summed E-state index contributed by atoms with van der Waals surface area (Å²) in [5, 5.41) is 3.46. The largest absolute Gasteiger partial charge is 0.345 e. The van der Waals surface area contributed by atoms with Crippen molar-refractivity contribution in [2.75, 3.05) is 0 Å². The molecule has 1 atom stereocenters. The van der Waals surface area contributed by atoms with Crippen molar-refractivity contribution in [1.82, 2.24) is 10.3 Å². The van der Waals surface area contributed by atoms with Gasteiger partial charge in [0.05, 0.1) is 16.6 Å². The number of aryl methyl sites for hydroxylation is 1. The van der Waals surface area contributed by atoms with Crippen LogP contribution in [-0.4, -0.2) is 10.9 Å². The number of hydrogen-bond acceptors (Lipinski definition) is 2. The van der Waals surface area contributed by atoms with Gasteiger partial charge in [-0.2, -0.15) is 0 Å². The molecule has 1 aliphatic carbocycles. The van der Waals surface area contributed by atoms with E-state index in [1.807, 2.05) is 12.1 Å². The van der Waals surface area contributed by atoms with Gasteiger partial charge in [0.25, 0.3) is 5.91 Å². The number of amides is 1. The smallest absolute Gasteiger partial charge is 0.253 e. The Bertz CT molecular complexity index is 642. The summed E-state index contributed by atoms with van der Waals surface area (Å²) in [4.78, 5) is 16.2. The van der Waals surface area contributed by atoms with E-state index in [9.17, 15) is 4.79 Å². The van der Waals surface area contributed by atoms with Crippen LogP contribution in [0.4, 0.5) is 0 Å². The Morgan fingerprint density at radius 2 is 2.15 bits per heavy atom. The number of halogens is 1. The molecule has 1 N–H and O–H groups in total. The Kier molecular flexibility index (Phi) is 3.70. The minimum Gasteiger partial charge on any atom is -0.345 e. The number of rotatable bonds is 2. The van der Waals surface area contributed by atoms with E-state index in [0.29, 0.717) is 10.6 Å². The molecular weight excluding hydrogens is 272 g/mol. The van der Waals surface area contributed by atoms with Gasteiger partial charge < -0.3 is 5.32 Å². The normalized spacial score (nSPS) is 17.4. The van der Waals surface area contributed by atoms with Crippen molar-refractivity contribution in [2.45, 2.75) is 25.3 Å². The number of carbonyl (C=O) groups excluding carboxylic acids is 1. The topological polar surface area (TPSA) is 42.0 Å². The summed E-state index contributed by atoms with van der Waals surface area (Å²) in [6.07, 6.45) is 6.21. The molecule has 1 aromatic carbocycles. The zero-order valence-electron chi connectivity index (χ0n) is 11.0. The number of benzene rings is 1. The van der Waals surface area contributed by atoms with Crippen molar-refractivity contribution in [3.63, 3.8) is 0 Å². The van der Waals surface area contributed by atoms with E-state index in [0.717, 1.165) is 19.3 Å². The van der Waals surface area contributed by atoms with Gasteiger partial charge in [0.1, 0.15) is 0 Å². The molecule has 0 aliphatic heterocycles. The second-order valence-corrected chi connectivity index (χ2v) is 5.38. The van der Waals surface area contributed by atoms with Crippen LogP contribution in [0.5, 0.6) is 0 Å². The number of nitrogens with zero attached hydrogens (tertiary/aromatic N) is 1. The van der Waals surface area contributed by atoms with Crippen LogP contribution in [0, 0.1) is 0 Å². The first-order valence-corrected chi connectivity index (χ1v) is 7.11. The van der Waals surface area contributed by atoms with Gasteiger partial charge in [0, 0.05) is 12.4 Å². The van der Waals surface area contributed by atoms with Gasteiger partial charge in [-0.25, -0.2) is 0 Å². The van der Waals surface area contributed by atoms with Gasteiger partial charge in [0.15, 0.2) is 0 Å². The predicted octanol–water partition coefficient (Wildman–Crippen LogP) is 3.54. The Morgan fingerprint density at radius 1 is 1.30 bits per heavy atom. The molecule has 1 heterocycles. The van der Waals surface area contributed by atoms with E-state index in [4.69, 9.17) is 11.6 Å². The SMILES string of the molecule is O=C(NC1CCCc2ccccc21)c1ccncc1Cl. The third-order valence-electron chi connectivity index (χ3n) is 3.69. The van der Waals surface area contributed by atoms with Crippen LogP contribution in [0.3, 0.4) is 0 Å². The second-order valence-electron chi connectivity index (χ2n) is 4.97. The fourth-order valence-electron chi connectivity index (χ4n) is 2.70. The molecule has 3 nitrogen and oxygen atoms in total. The highest BCUT2D eigenvalue weighted by Gasteiger charge is 2.22. The molecule has 1 amide bonds. The van der Waals surface area contributed by atoms with Crippen molar-refractivity contribution in [1.29, 1.82) is 0 Å². The van der Waals surface area contributed by atoms with Gasteiger partial charge >= 0.3 is 0 Å². The summed E-state index contributed by atoms with van der Waals surface area (Å²) in [5.41, 5.74) is 3.02. The molecule has 0 saturated carbocycles. The lowest BCUT2D eigenvalue weighted by atomic mass is 9.87. The van der Waals surface area contributed by atoms with E-state index in [-0.39, 0.29) is 11.9 Å². The number of pyridine rings is 1. The summed E-state index contributed by atoms with van der Waals surface area (Å²) >= 11 is 6.01. The fourth-order valence-corrected chi connectivity index (χ4v) is 2.90. The Morgan fingerprint density at radius 3 is 3.00 bits per heavy atom. The summed E-state index contributed by atoms with van der Waals surface area (Å²) in [6, 6.07) is 10.00. The summed E-state index contributed by atoms with van der Waals surface area (Å²) in [7, 11) is 0. The molecule has 2 aromatic rings. The zero-order chi connectivity index (χ0) is 13.9. The van der Waals surface area contributed by atoms with Gasteiger partial charge in [-0.1, -0.05) is 35.9 Å². The lowest BCUT2D eigenvalue weighted by Gasteiger charge is -2.26. The van der Waals surface area contributed by atoms with Gasteiger partial charge in [-0.05, 0) is 36.5 Å². The van der Waals surface area contributed by atoms with Gasteiger partial charge in [-0.15, -0.1) is 0 Å². The molecule has 0 bridgehead atoms. The highest BCUT2D eigenvalue weighted by Crippen LogP contribution is 2.29. The van der Waals surface area contributed by atoms with Crippen molar-refractivity contribution < 1.29 is 4.79 Å². The van der Waals surface area contributed by atoms with E-state index in [2.05, 4.69) is 22.4 Å². The molecule has 1 aliphatic rings. The minimum absolute atomic E-state index is 0.0664. The van der Waals surface area contributed by atoms with Crippen molar-refractivity contribution >= 4 is 17.5 Å². The van der Waals surface area contributed by atoms with Crippen LogP contribution < -0.4 is 5.32 Å². The van der Waals surface area contributed by atoms with Crippen molar-refractivity contribution in [2.24, 2.45) is 0 Å². The van der Waals surface area contributed by atoms with Crippen LogP contribution in [0.25, 0.3) is 0 Å². The molecule has 3 rings (SSSR count). The number of hydrogen-bond donors (Lipinski definition) is 1. The predicted molar refractivity (Wildman–Crippen MR) is 78.8 cm³/mol. The Hall–Kier alpha value is -1.87. The number of carbonyl (C=O) groups is 1. The first-order valence-electron chi connectivity index (χ1n) is 6.74. The number of fused-ring (bicyclic) bond motifs is 1. The van der Waals surface area contributed by atoms with Crippen LogP contribution in [-0.2, 0) is 6.42 Å². The van der Waals surface area contributed by atoms with Crippen LogP contribution in [0.1, 0.15) is 40.4 Å². The minimum atomic E-state index is -0.140. The standard InChI is InChI=1S/C16H15ClN2O/c17-14-10-18-9-8-13(14)16(20)19-15-7-3-5-11-4-1-2-6-12(11)15/h1-2,4,6,8-10,15H,3,5,7H2,(H,19,20). The Labute approximate surface area is 123 Å². The average molecular weight is 287 g/mol. The maximum Gasteiger partial charge on any atom is 0.253 e. The molecule has 20 heavy (non-hydrogen) atoms. The van der Waals surface area contributed by atoms with Crippen molar-refractivity contribution in [3.8, 4) is 0 Å². The molecule has 0 spiro atoms. The lowest BCUT2D eigenvalue weighted by Crippen LogP contribution is -2.31. The molecule has 1 aromatic heterocycles. The van der Waals surface area contributed by atoms with E-state index in [1.165, 1.54) is 17.3 Å². The average Bonchev–Trinajstić information content (AvgIpc) is 2.48. The molecule has 4 heteroatoms. The van der Waals surface area contributed by atoms with Crippen molar-refractivity contribution in [3.05, 3.63) is 64.4 Å². The maximum atomic E-state index is 12.3. The molecule has 102 valence electrons. The fraction of sp³-hybridized carbons (Fsp3) is 0.250. The third kappa shape index (κ3) is 2.54.